The van der Waals surface area contributed by atoms with Crippen molar-refractivity contribution in [3.05, 3.63) is 24.0 Å². The number of rotatable bonds is 3. The molecule has 1 atom stereocenters. The van der Waals surface area contributed by atoms with Crippen molar-refractivity contribution in [3.8, 4) is 0 Å². The second kappa shape index (κ2) is 5.07. The summed E-state index contributed by atoms with van der Waals surface area (Å²) in [6, 6.07) is 0.753. The van der Waals surface area contributed by atoms with Crippen molar-refractivity contribution in [2.75, 3.05) is 5.88 Å². The van der Waals surface area contributed by atoms with E-state index in [1.54, 1.807) is 0 Å². The Morgan fingerprint density at radius 3 is 2.73 bits per heavy atom. The second-order valence-electron chi connectivity index (χ2n) is 4.52. The first-order chi connectivity index (χ1) is 7.35. The van der Waals surface area contributed by atoms with Crippen molar-refractivity contribution >= 4 is 11.6 Å². The summed E-state index contributed by atoms with van der Waals surface area (Å²) >= 11 is 5.90. The van der Waals surface area contributed by atoms with Gasteiger partial charge in [-0.3, -0.25) is 0 Å². The van der Waals surface area contributed by atoms with Crippen LogP contribution in [0.1, 0.15) is 39.0 Å². The van der Waals surface area contributed by atoms with E-state index in [1.807, 2.05) is 0 Å². The lowest BCUT2D eigenvalue weighted by molar-refractivity contribution is 0.326. The van der Waals surface area contributed by atoms with Gasteiger partial charge in [-0.25, -0.2) is 0 Å². The average Bonchev–Trinajstić information content (AvgIpc) is 2.81. The van der Waals surface area contributed by atoms with Crippen LogP contribution in [-0.2, 0) is 0 Å². The molecule has 1 aliphatic heterocycles. The summed E-state index contributed by atoms with van der Waals surface area (Å²) in [5.74, 6) is 1.15. The van der Waals surface area contributed by atoms with Crippen molar-refractivity contribution in [3.63, 3.8) is 0 Å². The van der Waals surface area contributed by atoms with Crippen molar-refractivity contribution in [2.45, 2.75) is 45.1 Å². The molecular weight excluding hydrogens is 206 g/mol. The first-order valence-corrected chi connectivity index (χ1v) is 6.62. The SMILES string of the molecule is CCC1=C[C@H](CCl)C=CN1C1CCCC1. The van der Waals surface area contributed by atoms with E-state index in [-0.39, 0.29) is 0 Å². The van der Waals surface area contributed by atoms with E-state index in [1.165, 1.54) is 31.4 Å². The lowest BCUT2D eigenvalue weighted by atomic mass is 10.0. The van der Waals surface area contributed by atoms with E-state index in [0.717, 1.165) is 12.5 Å². The number of alkyl halides is 1. The Morgan fingerprint density at radius 2 is 2.13 bits per heavy atom. The lowest BCUT2D eigenvalue weighted by Gasteiger charge is -2.33. The molecule has 0 saturated heterocycles. The number of hydrogen-bond donors (Lipinski definition) is 0. The first-order valence-electron chi connectivity index (χ1n) is 6.08. The van der Waals surface area contributed by atoms with Gasteiger partial charge in [0.25, 0.3) is 0 Å². The minimum absolute atomic E-state index is 0.444. The summed E-state index contributed by atoms with van der Waals surface area (Å²) in [4.78, 5) is 2.48. The first kappa shape index (κ1) is 11.1. The molecule has 84 valence electrons. The molecule has 2 heteroatoms. The molecule has 1 aliphatic carbocycles. The quantitative estimate of drug-likeness (QED) is 0.659. The van der Waals surface area contributed by atoms with E-state index in [9.17, 15) is 0 Å². The molecule has 0 unspecified atom stereocenters. The molecule has 1 nitrogen and oxygen atoms in total. The Morgan fingerprint density at radius 1 is 1.40 bits per heavy atom. The van der Waals surface area contributed by atoms with Gasteiger partial charge in [0.15, 0.2) is 0 Å². The molecule has 0 aromatic rings. The maximum Gasteiger partial charge on any atom is 0.0333 e. The summed E-state index contributed by atoms with van der Waals surface area (Å²) < 4.78 is 0. The van der Waals surface area contributed by atoms with E-state index < -0.39 is 0 Å². The third kappa shape index (κ3) is 2.39. The molecule has 1 heterocycles. The van der Waals surface area contributed by atoms with Crippen molar-refractivity contribution in [1.29, 1.82) is 0 Å². The Bertz CT molecular complexity index is 264. The molecule has 0 amide bonds. The van der Waals surface area contributed by atoms with Crippen LogP contribution in [0.4, 0.5) is 0 Å². The number of allylic oxidation sites excluding steroid dienone is 3. The molecule has 1 saturated carbocycles. The molecule has 0 radical (unpaired) electrons. The van der Waals surface area contributed by atoms with Gasteiger partial charge in [0.05, 0.1) is 0 Å². The molecule has 0 N–H and O–H groups in total. The van der Waals surface area contributed by atoms with Crippen LogP contribution >= 0.6 is 11.6 Å². The van der Waals surface area contributed by atoms with Gasteiger partial charge in [-0.2, -0.15) is 0 Å². The number of halogens is 1. The maximum absolute atomic E-state index is 5.90. The molecule has 0 spiro atoms. The van der Waals surface area contributed by atoms with Crippen LogP contribution in [0.3, 0.4) is 0 Å². The smallest absolute Gasteiger partial charge is 0.0333 e. The molecular formula is C13H20ClN. The van der Waals surface area contributed by atoms with Crippen LogP contribution < -0.4 is 0 Å². The molecule has 0 bridgehead atoms. The Labute approximate surface area is 97.8 Å². The molecule has 15 heavy (non-hydrogen) atoms. The molecule has 0 aromatic heterocycles. The molecule has 2 rings (SSSR count). The van der Waals surface area contributed by atoms with Gasteiger partial charge in [0, 0.05) is 29.7 Å². The predicted molar refractivity (Wildman–Crippen MR) is 65.8 cm³/mol. The van der Waals surface area contributed by atoms with Crippen molar-refractivity contribution in [2.24, 2.45) is 5.92 Å². The summed E-state index contributed by atoms with van der Waals surface area (Å²) in [5, 5.41) is 0. The van der Waals surface area contributed by atoms with Crippen LogP contribution in [-0.4, -0.2) is 16.8 Å². The van der Waals surface area contributed by atoms with Gasteiger partial charge in [-0.1, -0.05) is 31.9 Å². The summed E-state index contributed by atoms with van der Waals surface area (Å²) in [7, 11) is 0. The van der Waals surface area contributed by atoms with Gasteiger partial charge >= 0.3 is 0 Å². The topological polar surface area (TPSA) is 3.24 Å². The summed E-state index contributed by atoms with van der Waals surface area (Å²) in [5.41, 5.74) is 1.47. The normalized spacial score (nSPS) is 27.2. The lowest BCUT2D eigenvalue weighted by Crippen LogP contribution is -2.30. The van der Waals surface area contributed by atoms with Gasteiger partial charge in [-0.05, 0) is 19.3 Å². The monoisotopic (exact) mass is 225 g/mol. The highest BCUT2D eigenvalue weighted by molar-refractivity contribution is 6.18. The summed E-state index contributed by atoms with van der Waals surface area (Å²) in [6.45, 7) is 2.23. The molecule has 0 aromatic carbocycles. The predicted octanol–water partition coefficient (Wildman–Crippen LogP) is 3.91. The van der Waals surface area contributed by atoms with Crippen molar-refractivity contribution in [1.82, 2.24) is 4.90 Å². The van der Waals surface area contributed by atoms with Crippen LogP contribution in [0.5, 0.6) is 0 Å². The minimum atomic E-state index is 0.444. The minimum Gasteiger partial charge on any atom is -0.349 e. The highest BCUT2D eigenvalue weighted by atomic mass is 35.5. The standard InChI is InChI=1S/C13H20ClN/c1-2-12-9-11(10-14)7-8-15(12)13-5-3-4-6-13/h7-9,11,13H,2-6,10H2,1H3/t11-/m1/s1. The zero-order valence-electron chi connectivity index (χ0n) is 9.45. The van der Waals surface area contributed by atoms with E-state index in [0.29, 0.717) is 11.8 Å². The fraction of sp³-hybridized carbons (Fsp3) is 0.692. The van der Waals surface area contributed by atoms with E-state index in [4.69, 9.17) is 11.6 Å². The Kier molecular flexibility index (Phi) is 3.74. The van der Waals surface area contributed by atoms with Gasteiger partial charge in [-0.15, -0.1) is 11.6 Å². The Balaban J connectivity index is 2.08. The largest absolute Gasteiger partial charge is 0.349 e. The highest BCUT2D eigenvalue weighted by Gasteiger charge is 2.24. The zero-order chi connectivity index (χ0) is 10.7. The zero-order valence-corrected chi connectivity index (χ0v) is 10.2. The summed E-state index contributed by atoms with van der Waals surface area (Å²) in [6.07, 6.45) is 13.5. The third-order valence-corrected chi connectivity index (χ3v) is 3.85. The van der Waals surface area contributed by atoms with Crippen LogP contribution in [0, 0.1) is 5.92 Å². The van der Waals surface area contributed by atoms with Crippen LogP contribution in [0.15, 0.2) is 24.0 Å². The molecule has 1 fully saturated rings. The third-order valence-electron chi connectivity index (χ3n) is 3.49. The fourth-order valence-electron chi connectivity index (χ4n) is 2.62. The number of nitrogens with zero attached hydrogens (tertiary/aromatic N) is 1. The van der Waals surface area contributed by atoms with Crippen LogP contribution in [0.25, 0.3) is 0 Å². The highest BCUT2D eigenvalue weighted by Crippen LogP contribution is 2.30. The fourth-order valence-corrected chi connectivity index (χ4v) is 2.81. The van der Waals surface area contributed by atoms with Crippen LogP contribution in [0.2, 0.25) is 0 Å². The van der Waals surface area contributed by atoms with Crippen molar-refractivity contribution < 1.29 is 0 Å². The Hall–Kier alpha value is -0.430. The average molecular weight is 226 g/mol. The molecule has 2 aliphatic rings. The van der Waals surface area contributed by atoms with E-state index >= 15 is 0 Å². The van der Waals surface area contributed by atoms with Gasteiger partial charge in [0.1, 0.15) is 0 Å². The second-order valence-corrected chi connectivity index (χ2v) is 4.83. The van der Waals surface area contributed by atoms with Gasteiger partial charge < -0.3 is 4.90 Å². The van der Waals surface area contributed by atoms with E-state index in [2.05, 4.69) is 30.2 Å². The number of hydrogen-bond acceptors (Lipinski definition) is 1. The van der Waals surface area contributed by atoms with Gasteiger partial charge in [0.2, 0.25) is 0 Å². The maximum atomic E-state index is 5.90.